The molecular weight excluding hydrogens is 398 g/mol. The van der Waals surface area contributed by atoms with E-state index in [2.05, 4.69) is 32.6 Å². The van der Waals surface area contributed by atoms with Gasteiger partial charge < -0.3 is 19.1 Å². The Bertz CT molecular complexity index is 333. The van der Waals surface area contributed by atoms with Crippen molar-refractivity contribution in [1.82, 2.24) is 0 Å². The molecule has 0 rings (SSSR count). The maximum atomic E-state index is 9.36. The number of unbranched alkanes of at least 4 members (excludes halogenated alkanes) is 15. The molecule has 0 heterocycles. The quantitative estimate of drug-likeness (QED) is 0.124. The number of carbonyl (C=O) groups excluding carboxylic acids is 1. The number of carbonyl (C=O) groups is 1. The first-order chi connectivity index (χ1) is 15.5. The fourth-order valence-electron chi connectivity index (χ4n) is 4.27. The normalized spacial score (nSPS) is 11.3. The first-order valence-corrected chi connectivity index (χ1v) is 14.0. The van der Waals surface area contributed by atoms with Gasteiger partial charge >= 0.3 is 0 Å². The molecule has 0 saturated carbocycles. The Labute approximate surface area is 202 Å². The second-order valence-corrected chi connectivity index (χ2v) is 9.90. The lowest BCUT2D eigenvalue weighted by molar-refractivity contribution is -0.910. The summed E-state index contributed by atoms with van der Waals surface area (Å²) in [6.07, 6.45) is 25.9. The molecule has 0 unspecified atom stereocenters. The van der Waals surface area contributed by atoms with E-state index in [1.807, 2.05) is 0 Å². The van der Waals surface area contributed by atoms with Crippen LogP contribution >= 0.6 is 0 Å². The van der Waals surface area contributed by atoms with Crippen LogP contribution in [0.4, 0.5) is 0 Å². The number of carboxylic acids is 1. The lowest BCUT2D eigenvalue weighted by Crippen LogP contribution is -2.46. The summed E-state index contributed by atoms with van der Waals surface area (Å²) < 4.78 is 5.50. The molecule has 0 bridgehead atoms. The van der Waals surface area contributed by atoms with Gasteiger partial charge in [0.1, 0.15) is 0 Å². The minimum atomic E-state index is -1.18. The molecule has 32 heavy (non-hydrogen) atoms. The van der Waals surface area contributed by atoms with E-state index >= 15 is 0 Å². The van der Waals surface area contributed by atoms with Crippen molar-refractivity contribution in [3.63, 3.8) is 0 Å². The first-order valence-electron chi connectivity index (χ1n) is 14.0. The largest absolute Gasteiger partial charge is 0.548 e. The van der Waals surface area contributed by atoms with Crippen molar-refractivity contribution in [3.05, 3.63) is 0 Å². The van der Waals surface area contributed by atoms with Gasteiger partial charge in [0.05, 0.1) is 39.3 Å². The van der Waals surface area contributed by atoms with Gasteiger partial charge in [0.2, 0.25) is 0 Å². The van der Waals surface area contributed by atoms with Gasteiger partial charge in [-0.1, -0.05) is 97.8 Å². The average molecular weight is 458 g/mol. The van der Waals surface area contributed by atoms with Crippen LogP contribution in [0.2, 0.25) is 0 Å². The number of methoxy groups -OCH3 is 1. The number of quaternary nitrogens is 1. The van der Waals surface area contributed by atoms with Crippen LogP contribution in [0.25, 0.3) is 0 Å². The molecule has 0 spiro atoms. The van der Waals surface area contributed by atoms with Gasteiger partial charge in [-0.15, -0.1) is 0 Å². The smallest absolute Gasteiger partial charge is 0.0857 e. The maximum Gasteiger partial charge on any atom is 0.0857 e. The van der Waals surface area contributed by atoms with Crippen molar-refractivity contribution < 1.29 is 19.1 Å². The predicted octanol–water partition coefficient (Wildman–Crippen LogP) is 6.90. The summed E-state index contributed by atoms with van der Waals surface area (Å²) in [5, 5.41) is 9.36. The number of carboxylic acid groups (broad SMARTS) is 1. The summed E-state index contributed by atoms with van der Waals surface area (Å²) in [7, 11) is 3.86. The van der Waals surface area contributed by atoms with Crippen LogP contribution in [0, 0.1) is 0 Å². The summed E-state index contributed by atoms with van der Waals surface area (Å²) >= 11 is 0. The molecule has 4 heteroatoms. The third-order valence-electron chi connectivity index (χ3n) is 6.42. The second-order valence-electron chi connectivity index (χ2n) is 9.90. The van der Waals surface area contributed by atoms with E-state index in [9.17, 15) is 9.90 Å². The highest BCUT2D eigenvalue weighted by molar-refractivity contribution is 5.65. The van der Waals surface area contributed by atoms with E-state index in [1.54, 1.807) is 0 Å². The molecule has 4 nitrogen and oxygen atoms in total. The molecule has 0 aromatic carbocycles. The molecule has 0 saturated heterocycles. The van der Waals surface area contributed by atoms with Crippen molar-refractivity contribution in [2.24, 2.45) is 0 Å². The van der Waals surface area contributed by atoms with Crippen LogP contribution in [0.1, 0.15) is 136 Å². The number of rotatable bonds is 23. The molecule has 0 aromatic heterocycles. The molecule has 0 N–H and O–H groups in total. The zero-order valence-electron chi connectivity index (χ0n) is 22.7. The van der Waals surface area contributed by atoms with Crippen LogP contribution < -0.4 is 5.11 Å². The van der Waals surface area contributed by atoms with E-state index in [0.717, 1.165) is 0 Å². The van der Waals surface area contributed by atoms with Crippen LogP contribution in [-0.4, -0.2) is 50.9 Å². The van der Waals surface area contributed by atoms with Crippen molar-refractivity contribution in [2.75, 3.05) is 40.4 Å². The number of hydrogen-bond acceptors (Lipinski definition) is 3. The Kier molecular flexibility index (Phi) is 27.9. The fourth-order valence-corrected chi connectivity index (χ4v) is 4.27. The molecular formula is C28H59NO3. The molecule has 0 aromatic rings. The summed E-state index contributed by atoms with van der Waals surface area (Å²) in [6.45, 7) is 10.9. The average Bonchev–Trinajstić information content (AvgIpc) is 2.76. The number of hydrogen-bond donors (Lipinski definition) is 0. The van der Waals surface area contributed by atoms with Crippen LogP contribution in [0.3, 0.4) is 0 Å². The summed E-state index contributed by atoms with van der Waals surface area (Å²) in [6, 6.07) is 0. The Balaban J connectivity index is 0. The van der Waals surface area contributed by atoms with Crippen LogP contribution in [0.15, 0.2) is 0 Å². The van der Waals surface area contributed by atoms with E-state index in [4.69, 9.17) is 0 Å². The van der Waals surface area contributed by atoms with E-state index in [-0.39, 0.29) is 6.61 Å². The highest BCUT2D eigenvalue weighted by Crippen LogP contribution is 2.16. The van der Waals surface area contributed by atoms with Gasteiger partial charge in [-0.3, -0.25) is 0 Å². The molecule has 0 fully saturated rings. The number of aliphatic carboxylic acids is 1. The fraction of sp³-hybridized carbons (Fsp3) is 0.964. The molecule has 0 aliphatic heterocycles. The van der Waals surface area contributed by atoms with Crippen LogP contribution in [0.5, 0.6) is 0 Å². The van der Waals surface area contributed by atoms with Gasteiger partial charge in [-0.2, -0.15) is 0 Å². The molecule has 0 atom stereocenters. The summed E-state index contributed by atoms with van der Waals surface area (Å²) in [5.74, 6) is -1.18. The third kappa shape index (κ3) is 27.4. The zero-order chi connectivity index (χ0) is 24.3. The summed E-state index contributed by atoms with van der Waals surface area (Å²) in [4.78, 5) is 9.36. The molecule has 0 radical (unpaired) electrons. The Morgan fingerprint density at radius 3 is 1.09 bits per heavy atom. The van der Waals surface area contributed by atoms with Crippen molar-refractivity contribution in [2.45, 2.75) is 136 Å². The molecule has 0 aliphatic rings. The van der Waals surface area contributed by atoms with E-state index in [1.165, 1.54) is 147 Å². The van der Waals surface area contributed by atoms with Crippen molar-refractivity contribution >= 4 is 5.97 Å². The van der Waals surface area contributed by atoms with Gasteiger partial charge in [-0.25, -0.2) is 0 Å². The van der Waals surface area contributed by atoms with Crippen LogP contribution in [-0.2, 0) is 9.53 Å². The third-order valence-corrected chi connectivity index (χ3v) is 6.42. The highest BCUT2D eigenvalue weighted by Gasteiger charge is 2.20. The van der Waals surface area contributed by atoms with Gasteiger partial charge in [-0.05, 0) is 38.5 Å². The van der Waals surface area contributed by atoms with Crippen molar-refractivity contribution in [3.8, 4) is 0 Å². The Morgan fingerprint density at radius 1 is 0.594 bits per heavy atom. The first kappa shape index (κ1) is 33.6. The van der Waals surface area contributed by atoms with E-state index in [0.29, 0.717) is 0 Å². The maximum absolute atomic E-state index is 9.36. The molecule has 0 aliphatic carbocycles. The molecule has 0 amide bonds. The number of nitrogens with zero attached hydrogens (tertiary/aromatic N) is 1. The van der Waals surface area contributed by atoms with E-state index < -0.39 is 5.97 Å². The highest BCUT2D eigenvalue weighted by atomic mass is 16.5. The van der Waals surface area contributed by atoms with Gasteiger partial charge in [0, 0.05) is 7.11 Å². The topological polar surface area (TPSA) is 49.4 Å². The second kappa shape index (κ2) is 26.6. The Morgan fingerprint density at radius 2 is 0.875 bits per heavy atom. The zero-order valence-corrected chi connectivity index (χ0v) is 22.7. The SMILES string of the molecule is CCCCCCCC[N+](C)(CCCCCCCC)CCCCCCCC.COCC(=O)[O-]. The van der Waals surface area contributed by atoms with Crippen molar-refractivity contribution in [1.29, 1.82) is 0 Å². The van der Waals surface area contributed by atoms with Gasteiger partial charge in [0.15, 0.2) is 0 Å². The molecule has 194 valence electrons. The Hall–Kier alpha value is -0.610. The number of ether oxygens (including phenoxy) is 1. The monoisotopic (exact) mass is 457 g/mol. The predicted molar refractivity (Wildman–Crippen MR) is 138 cm³/mol. The summed E-state index contributed by atoms with van der Waals surface area (Å²) in [5.41, 5.74) is 0. The lowest BCUT2D eigenvalue weighted by atomic mass is 10.1. The minimum absolute atomic E-state index is 0.319. The minimum Gasteiger partial charge on any atom is -0.548 e. The lowest BCUT2D eigenvalue weighted by Gasteiger charge is -2.35. The van der Waals surface area contributed by atoms with Gasteiger partial charge in [0.25, 0.3) is 0 Å². The standard InChI is InChI=1S/C25H54N.C3H6O3/c1-5-8-11-14-17-20-23-26(4,24-21-18-15-12-9-6-2)25-22-19-16-13-10-7-3;1-6-2-3(4)5/h5-25H2,1-4H3;2H2,1H3,(H,4,5)/q+1;/p-1.